The summed E-state index contributed by atoms with van der Waals surface area (Å²) in [6.45, 7) is 4.42. The molecule has 0 N–H and O–H groups in total. The van der Waals surface area contributed by atoms with Crippen LogP contribution in [-0.2, 0) is 0 Å². The summed E-state index contributed by atoms with van der Waals surface area (Å²) in [5.41, 5.74) is 2.10. The van der Waals surface area contributed by atoms with E-state index >= 15 is 0 Å². The fraction of sp³-hybridized carbons (Fsp3) is 0.600. The number of hydrogen-bond acceptors (Lipinski definition) is 1. The molecule has 74 valence electrons. The maximum atomic E-state index is 12.1. The van der Waals surface area contributed by atoms with Crippen LogP contribution >= 0.6 is 0 Å². The molecule has 1 heterocycles. The minimum absolute atomic E-state index is 0.149. The van der Waals surface area contributed by atoms with Crippen LogP contribution in [0.3, 0.4) is 0 Å². The molecule has 0 aromatic heterocycles. The van der Waals surface area contributed by atoms with Crippen molar-refractivity contribution in [2.24, 2.45) is 0 Å². The van der Waals surface area contributed by atoms with E-state index in [1.807, 2.05) is 19.9 Å². The lowest BCUT2D eigenvalue weighted by atomic mass is 10.2. The van der Waals surface area contributed by atoms with E-state index in [9.17, 15) is 8.78 Å². The third-order valence-electron chi connectivity index (χ3n) is 2.16. The van der Waals surface area contributed by atoms with Crippen LogP contribution in [0.1, 0.15) is 20.3 Å². The molecule has 0 spiro atoms. The second kappa shape index (κ2) is 4.40. The highest BCUT2D eigenvalue weighted by atomic mass is 19.3. The van der Waals surface area contributed by atoms with E-state index in [-0.39, 0.29) is 6.54 Å². The fourth-order valence-corrected chi connectivity index (χ4v) is 1.51. The summed E-state index contributed by atoms with van der Waals surface area (Å²) >= 11 is 0. The Morgan fingerprint density at radius 1 is 1.46 bits per heavy atom. The van der Waals surface area contributed by atoms with Crippen LogP contribution in [0.4, 0.5) is 8.78 Å². The molecule has 0 unspecified atom stereocenters. The molecule has 13 heavy (non-hydrogen) atoms. The van der Waals surface area contributed by atoms with Crippen molar-refractivity contribution in [3.8, 4) is 0 Å². The average molecular weight is 187 g/mol. The SMILES string of the molecule is CC1=CCCN(CC(F)F)C(C)=C1. The van der Waals surface area contributed by atoms with Crippen LogP contribution in [0.2, 0.25) is 0 Å². The highest BCUT2D eigenvalue weighted by Crippen LogP contribution is 2.15. The molecule has 0 bridgehead atoms. The first-order valence-corrected chi connectivity index (χ1v) is 4.48. The molecular formula is C10H15F2N. The summed E-state index contributed by atoms with van der Waals surface area (Å²) in [6.07, 6.45) is 2.64. The summed E-state index contributed by atoms with van der Waals surface area (Å²) in [5.74, 6) is 0. The summed E-state index contributed by atoms with van der Waals surface area (Å²) in [5, 5.41) is 0. The van der Waals surface area contributed by atoms with E-state index in [1.165, 1.54) is 0 Å². The highest BCUT2D eigenvalue weighted by molar-refractivity contribution is 5.22. The van der Waals surface area contributed by atoms with Gasteiger partial charge in [-0.2, -0.15) is 0 Å². The topological polar surface area (TPSA) is 3.24 Å². The second-order valence-electron chi connectivity index (χ2n) is 3.36. The molecule has 1 aliphatic heterocycles. The Hall–Kier alpha value is -0.860. The van der Waals surface area contributed by atoms with Crippen LogP contribution in [0.5, 0.6) is 0 Å². The van der Waals surface area contributed by atoms with Crippen LogP contribution in [0, 0.1) is 0 Å². The summed E-state index contributed by atoms with van der Waals surface area (Å²) in [4.78, 5) is 1.73. The predicted octanol–water partition coefficient (Wildman–Crippen LogP) is 2.81. The normalized spacial score (nSPS) is 18.4. The van der Waals surface area contributed by atoms with Crippen LogP contribution < -0.4 is 0 Å². The molecule has 0 atom stereocenters. The second-order valence-corrected chi connectivity index (χ2v) is 3.36. The first-order chi connectivity index (χ1) is 6.09. The van der Waals surface area contributed by atoms with Gasteiger partial charge in [0.1, 0.15) is 0 Å². The Bertz CT molecular complexity index is 231. The fourth-order valence-electron chi connectivity index (χ4n) is 1.51. The Morgan fingerprint density at radius 2 is 2.15 bits per heavy atom. The first-order valence-electron chi connectivity index (χ1n) is 4.48. The van der Waals surface area contributed by atoms with Gasteiger partial charge in [0, 0.05) is 12.2 Å². The zero-order valence-corrected chi connectivity index (χ0v) is 8.06. The number of hydrogen-bond donors (Lipinski definition) is 0. The van der Waals surface area contributed by atoms with Crippen LogP contribution in [0.15, 0.2) is 23.4 Å². The number of allylic oxidation sites excluding steroid dienone is 3. The van der Waals surface area contributed by atoms with Gasteiger partial charge in [-0.15, -0.1) is 0 Å². The molecule has 0 saturated carbocycles. The number of alkyl halides is 2. The van der Waals surface area contributed by atoms with Gasteiger partial charge >= 0.3 is 0 Å². The first kappa shape index (κ1) is 10.2. The third kappa shape index (κ3) is 3.17. The monoisotopic (exact) mass is 187 g/mol. The van der Waals surface area contributed by atoms with Crippen molar-refractivity contribution in [2.75, 3.05) is 13.1 Å². The van der Waals surface area contributed by atoms with Crippen molar-refractivity contribution in [2.45, 2.75) is 26.7 Å². The lowest BCUT2D eigenvalue weighted by Gasteiger charge is -2.23. The zero-order valence-electron chi connectivity index (χ0n) is 8.06. The van der Waals surface area contributed by atoms with Crippen molar-refractivity contribution in [1.29, 1.82) is 0 Å². The minimum Gasteiger partial charge on any atom is -0.369 e. The lowest BCUT2D eigenvalue weighted by Crippen LogP contribution is -2.27. The van der Waals surface area contributed by atoms with E-state index in [1.54, 1.807) is 4.90 Å². The van der Waals surface area contributed by atoms with Crippen molar-refractivity contribution < 1.29 is 8.78 Å². The van der Waals surface area contributed by atoms with Gasteiger partial charge in [-0.25, -0.2) is 8.78 Å². The molecule has 0 amide bonds. The number of rotatable bonds is 2. The van der Waals surface area contributed by atoms with E-state index in [2.05, 4.69) is 6.08 Å². The van der Waals surface area contributed by atoms with Gasteiger partial charge in [0.05, 0.1) is 6.54 Å². The smallest absolute Gasteiger partial charge is 0.255 e. The summed E-state index contributed by atoms with van der Waals surface area (Å²) in [6, 6.07) is 0. The maximum absolute atomic E-state index is 12.1. The van der Waals surface area contributed by atoms with Gasteiger partial charge in [0.15, 0.2) is 0 Å². The Labute approximate surface area is 77.7 Å². The standard InChI is InChI=1S/C10H15F2N/c1-8-4-3-5-13(7-10(11)12)9(2)6-8/h4,6,10H,3,5,7H2,1-2H3. The molecule has 1 rings (SSSR count). The number of nitrogens with zero attached hydrogens (tertiary/aromatic N) is 1. The third-order valence-corrected chi connectivity index (χ3v) is 2.16. The van der Waals surface area contributed by atoms with Gasteiger partial charge in [-0.1, -0.05) is 11.6 Å². The van der Waals surface area contributed by atoms with Crippen molar-refractivity contribution >= 4 is 0 Å². The van der Waals surface area contributed by atoms with Crippen LogP contribution in [-0.4, -0.2) is 24.4 Å². The summed E-state index contributed by atoms with van der Waals surface area (Å²) < 4.78 is 24.3. The summed E-state index contributed by atoms with van der Waals surface area (Å²) in [7, 11) is 0. The van der Waals surface area contributed by atoms with Gasteiger partial charge in [-0.3, -0.25) is 0 Å². The van der Waals surface area contributed by atoms with Gasteiger partial charge in [-0.05, 0) is 26.3 Å². The highest BCUT2D eigenvalue weighted by Gasteiger charge is 2.13. The molecule has 0 fully saturated rings. The van der Waals surface area contributed by atoms with E-state index in [0.29, 0.717) is 6.54 Å². The molecule has 0 saturated heterocycles. The zero-order chi connectivity index (χ0) is 9.84. The van der Waals surface area contributed by atoms with Crippen molar-refractivity contribution in [3.63, 3.8) is 0 Å². The van der Waals surface area contributed by atoms with E-state index in [0.717, 1.165) is 17.7 Å². The van der Waals surface area contributed by atoms with Gasteiger partial charge in [0.25, 0.3) is 6.43 Å². The van der Waals surface area contributed by atoms with Gasteiger partial charge in [0.2, 0.25) is 0 Å². The lowest BCUT2D eigenvalue weighted by molar-refractivity contribution is 0.104. The molecule has 1 nitrogen and oxygen atoms in total. The van der Waals surface area contributed by atoms with Gasteiger partial charge < -0.3 is 4.90 Å². The molecule has 0 aromatic rings. The van der Waals surface area contributed by atoms with E-state index in [4.69, 9.17) is 0 Å². The average Bonchev–Trinajstić information content (AvgIpc) is 2.13. The van der Waals surface area contributed by atoms with Crippen molar-refractivity contribution in [3.05, 3.63) is 23.4 Å². The molecule has 0 radical (unpaired) electrons. The van der Waals surface area contributed by atoms with Crippen LogP contribution in [0.25, 0.3) is 0 Å². The van der Waals surface area contributed by atoms with Crippen molar-refractivity contribution in [1.82, 2.24) is 4.90 Å². The number of halogens is 2. The largest absolute Gasteiger partial charge is 0.369 e. The maximum Gasteiger partial charge on any atom is 0.255 e. The molecule has 0 aromatic carbocycles. The quantitative estimate of drug-likeness (QED) is 0.642. The molecule has 3 heteroatoms. The Morgan fingerprint density at radius 3 is 2.77 bits per heavy atom. The Kier molecular flexibility index (Phi) is 3.46. The van der Waals surface area contributed by atoms with E-state index < -0.39 is 6.43 Å². The molecule has 1 aliphatic rings. The minimum atomic E-state index is -2.25. The molecular weight excluding hydrogens is 172 g/mol. The predicted molar refractivity (Wildman–Crippen MR) is 49.7 cm³/mol. The Balaban J connectivity index is 2.63. The molecule has 0 aliphatic carbocycles.